The zero-order chi connectivity index (χ0) is 19.6. The lowest BCUT2D eigenvalue weighted by Gasteiger charge is -2.08. The van der Waals surface area contributed by atoms with Crippen LogP contribution in [0.25, 0.3) is 11.3 Å². The highest BCUT2D eigenvalue weighted by atomic mass is 32.1. The van der Waals surface area contributed by atoms with Gasteiger partial charge in [-0.2, -0.15) is 5.10 Å². The number of hydrogen-bond donors (Lipinski definition) is 2. The van der Waals surface area contributed by atoms with Gasteiger partial charge in [-0.1, -0.05) is 24.3 Å². The van der Waals surface area contributed by atoms with Gasteiger partial charge in [0.1, 0.15) is 17.5 Å². The van der Waals surface area contributed by atoms with Crippen LogP contribution in [0.4, 0.5) is 0 Å². The number of hydrogen-bond acceptors (Lipinski definition) is 6. The molecule has 2 aromatic rings. The Bertz CT molecular complexity index is 800. The standard InChI is InChI=1S/C19H23N3O4S/c1-3-25-12-4-11-20-19(27)22-21-13(2)14-5-7-15(8-6-14)16-9-10-17(26-16)18(23)24/h5-10H,3-4,11-12H2,1-2H3,(H,23,24)(H2,20,22,27)/p-1/b21-13-. The van der Waals surface area contributed by atoms with Gasteiger partial charge < -0.3 is 24.4 Å². The third kappa shape index (κ3) is 6.50. The first-order valence-electron chi connectivity index (χ1n) is 8.59. The Morgan fingerprint density at radius 3 is 2.63 bits per heavy atom. The average Bonchev–Trinajstić information content (AvgIpc) is 3.16. The minimum absolute atomic E-state index is 0.196. The Kier molecular flexibility index (Phi) is 7.97. The summed E-state index contributed by atoms with van der Waals surface area (Å²) in [5.41, 5.74) is 5.23. The van der Waals surface area contributed by atoms with Crippen LogP contribution in [0.5, 0.6) is 0 Å². The summed E-state index contributed by atoms with van der Waals surface area (Å²) < 4.78 is 10.5. The Balaban J connectivity index is 1.88. The molecule has 0 bridgehead atoms. The number of nitrogens with one attached hydrogen (secondary N) is 2. The highest BCUT2D eigenvalue weighted by molar-refractivity contribution is 7.80. The van der Waals surface area contributed by atoms with E-state index in [0.717, 1.165) is 23.3 Å². The lowest BCUT2D eigenvalue weighted by molar-refractivity contribution is -0.257. The van der Waals surface area contributed by atoms with Crippen molar-refractivity contribution in [3.05, 3.63) is 47.7 Å². The quantitative estimate of drug-likeness (QED) is 0.293. The lowest BCUT2D eigenvalue weighted by Crippen LogP contribution is -2.33. The summed E-state index contributed by atoms with van der Waals surface area (Å²) in [6, 6.07) is 10.4. The number of benzene rings is 1. The number of carboxylic acids is 1. The van der Waals surface area contributed by atoms with Crippen molar-refractivity contribution < 1.29 is 19.1 Å². The van der Waals surface area contributed by atoms with E-state index in [1.165, 1.54) is 6.07 Å². The summed E-state index contributed by atoms with van der Waals surface area (Å²) in [5, 5.41) is 18.6. The maximum Gasteiger partial charge on any atom is 0.186 e. The van der Waals surface area contributed by atoms with E-state index in [1.807, 2.05) is 38.1 Å². The molecule has 8 heteroatoms. The molecule has 1 heterocycles. The Morgan fingerprint density at radius 2 is 2.00 bits per heavy atom. The minimum Gasteiger partial charge on any atom is -0.542 e. The van der Waals surface area contributed by atoms with Gasteiger partial charge in [0, 0.05) is 25.3 Å². The van der Waals surface area contributed by atoms with Crippen molar-refractivity contribution in [1.29, 1.82) is 0 Å². The predicted octanol–water partition coefficient (Wildman–Crippen LogP) is 1.92. The number of hydrazone groups is 1. The fourth-order valence-electron chi connectivity index (χ4n) is 2.24. The fraction of sp³-hybridized carbons (Fsp3) is 0.316. The number of thiocarbonyl (C=S) groups is 1. The van der Waals surface area contributed by atoms with E-state index < -0.39 is 5.97 Å². The second-order valence-corrected chi connectivity index (χ2v) is 6.05. The summed E-state index contributed by atoms with van der Waals surface area (Å²) in [6.45, 7) is 5.94. The molecule has 0 amide bonds. The number of carboxylic acid groups (broad SMARTS) is 1. The second-order valence-electron chi connectivity index (χ2n) is 5.64. The van der Waals surface area contributed by atoms with Crippen LogP contribution in [0, 0.1) is 0 Å². The van der Waals surface area contributed by atoms with E-state index in [2.05, 4.69) is 15.8 Å². The van der Waals surface area contributed by atoms with E-state index >= 15 is 0 Å². The molecule has 2 rings (SSSR count). The predicted molar refractivity (Wildman–Crippen MR) is 106 cm³/mol. The van der Waals surface area contributed by atoms with E-state index in [-0.39, 0.29) is 5.76 Å². The summed E-state index contributed by atoms with van der Waals surface area (Å²) in [5.74, 6) is -1.07. The van der Waals surface area contributed by atoms with E-state index in [4.69, 9.17) is 21.4 Å². The fourth-order valence-corrected chi connectivity index (χ4v) is 2.39. The van der Waals surface area contributed by atoms with Gasteiger partial charge in [-0.25, -0.2) is 0 Å². The van der Waals surface area contributed by atoms with Gasteiger partial charge in [-0.15, -0.1) is 0 Å². The second kappa shape index (κ2) is 10.4. The molecule has 27 heavy (non-hydrogen) atoms. The summed E-state index contributed by atoms with van der Waals surface area (Å²) >= 11 is 5.17. The van der Waals surface area contributed by atoms with Crippen LogP contribution < -0.4 is 15.8 Å². The Hall–Kier alpha value is -2.71. The molecule has 144 valence electrons. The first-order chi connectivity index (χ1) is 13.0. The smallest absolute Gasteiger partial charge is 0.186 e. The highest BCUT2D eigenvalue weighted by Crippen LogP contribution is 2.22. The van der Waals surface area contributed by atoms with Crippen LogP contribution in [0.15, 0.2) is 45.9 Å². The highest BCUT2D eigenvalue weighted by Gasteiger charge is 2.06. The van der Waals surface area contributed by atoms with Crippen molar-refractivity contribution in [3.8, 4) is 11.3 Å². The van der Waals surface area contributed by atoms with Crippen LogP contribution in [-0.4, -0.2) is 36.6 Å². The Morgan fingerprint density at radius 1 is 1.26 bits per heavy atom. The van der Waals surface area contributed by atoms with E-state index in [0.29, 0.717) is 30.6 Å². The molecule has 0 atom stereocenters. The topological polar surface area (TPSA) is 98.9 Å². The number of nitrogens with zero attached hydrogens (tertiary/aromatic N) is 1. The molecule has 1 aromatic carbocycles. The first kappa shape index (κ1) is 20.6. The van der Waals surface area contributed by atoms with E-state index in [9.17, 15) is 9.90 Å². The molecule has 0 fully saturated rings. The maximum absolute atomic E-state index is 10.8. The van der Waals surface area contributed by atoms with Gasteiger partial charge in [0.15, 0.2) is 5.11 Å². The van der Waals surface area contributed by atoms with Crippen molar-refractivity contribution >= 4 is 29.0 Å². The number of ether oxygens (including phenoxy) is 1. The van der Waals surface area contributed by atoms with Gasteiger partial charge >= 0.3 is 0 Å². The van der Waals surface area contributed by atoms with Crippen LogP contribution in [0.3, 0.4) is 0 Å². The third-order valence-electron chi connectivity index (χ3n) is 3.67. The van der Waals surface area contributed by atoms with Gasteiger partial charge in [0.2, 0.25) is 0 Å². The molecule has 0 saturated heterocycles. The molecular formula is C19H22N3O4S-. The molecule has 0 spiro atoms. The number of carbonyl (C=O) groups excluding carboxylic acids is 1. The minimum atomic E-state index is -1.34. The van der Waals surface area contributed by atoms with Crippen LogP contribution in [-0.2, 0) is 4.74 Å². The maximum atomic E-state index is 10.8. The van der Waals surface area contributed by atoms with Crippen molar-refractivity contribution in [2.24, 2.45) is 5.10 Å². The molecule has 0 unspecified atom stereocenters. The van der Waals surface area contributed by atoms with Crippen molar-refractivity contribution in [3.63, 3.8) is 0 Å². The lowest BCUT2D eigenvalue weighted by atomic mass is 10.1. The van der Waals surface area contributed by atoms with Crippen molar-refractivity contribution in [1.82, 2.24) is 10.7 Å². The van der Waals surface area contributed by atoms with Crippen molar-refractivity contribution in [2.45, 2.75) is 20.3 Å². The van der Waals surface area contributed by atoms with Crippen LogP contribution in [0.2, 0.25) is 0 Å². The Labute approximate surface area is 163 Å². The number of carbonyl (C=O) groups is 1. The molecule has 0 radical (unpaired) electrons. The first-order valence-corrected chi connectivity index (χ1v) is 9.00. The van der Waals surface area contributed by atoms with Crippen molar-refractivity contribution in [2.75, 3.05) is 19.8 Å². The van der Waals surface area contributed by atoms with Gasteiger partial charge in [-0.05, 0) is 50.2 Å². The molecule has 2 N–H and O–H groups in total. The summed E-state index contributed by atoms with van der Waals surface area (Å²) in [4.78, 5) is 10.8. The van der Waals surface area contributed by atoms with E-state index in [1.54, 1.807) is 6.07 Å². The monoisotopic (exact) mass is 388 g/mol. The molecule has 0 aliphatic carbocycles. The average molecular weight is 388 g/mol. The number of furan rings is 1. The molecule has 7 nitrogen and oxygen atoms in total. The number of rotatable bonds is 9. The zero-order valence-electron chi connectivity index (χ0n) is 15.3. The molecule has 0 aliphatic heterocycles. The SMILES string of the molecule is CCOCCCNC(=S)N/N=C(/C)c1ccc(-c2ccc(C(=O)[O-])o2)cc1. The molecular weight excluding hydrogens is 366 g/mol. The normalized spacial score (nSPS) is 11.3. The molecule has 1 aromatic heterocycles. The molecule has 0 saturated carbocycles. The largest absolute Gasteiger partial charge is 0.542 e. The van der Waals surface area contributed by atoms with Crippen LogP contribution >= 0.6 is 12.2 Å². The number of aromatic carboxylic acids is 1. The summed E-state index contributed by atoms with van der Waals surface area (Å²) in [6.07, 6.45) is 0.867. The summed E-state index contributed by atoms with van der Waals surface area (Å²) in [7, 11) is 0. The van der Waals surface area contributed by atoms with Gasteiger partial charge in [0.05, 0.1) is 5.71 Å². The van der Waals surface area contributed by atoms with Crippen LogP contribution in [0.1, 0.15) is 36.4 Å². The molecule has 0 aliphatic rings. The zero-order valence-corrected chi connectivity index (χ0v) is 16.1. The van der Waals surface area contributed by atoms with Gasteiger partial charge in [0.25, 0.3) is 0 Å². The van der Waals surface area contributed by atoms with Gasteiger partial charge in [-0.3, -0.25) is 5.43 Å². The third-order valence-corrected chi connectivity index (χ3v) is 3.91.